The van der Waals surface area contributed by atoms with Gasteiger partial charge in [-0.2, -0.15) is 0 Å². The number of nitriles is 1. The molecular weight excluding hydrogens is 264 g/mol. The average Bonchev–Trinajstić information content (AvgIpc) is 2.47. The van der Waals surface area contributed by atoms with Gasteiger partial charge in [-0.15, -0.1) is 0 Å². The molecule has 0 radical (unpaired) electrons. The van der Waals surface area contributed by atoms with E-state index in [2.05, 4.69) is 17.1 Å². The van der Waals surface area contributed by atoms with Gasteiger partial charge in [-0.05, 0) is 0 Å². The molecular formula is C9H6N2Te. The van der Waals surface area contributed by atoms with Crippen molar-refractivity contribution < 1.29 is 0 Å². The number of fused-ring (bicyclic) bond motifs is 1. The van der Waals surface area contributed by atoms with Crippen LogP contribution in [0.15, 0.2) is 24.3 Å². The number of hydrogen-bond donors (Lipinski definition) is 0. The normalized spacial score (nSPS) is 9.92. The quantitative estimate of drug-likeness (QED) is 0.733. The molecule has 0 aliphatic carbocycles. The number of para-hydroxylation sites is 1. The van der Waals surface area contributed by atoms with Crippen LogP contribution in [0.5, 0.6) is 0 Å². The van der Waals surface area contributed by atoms with E-state index in [1.54, 1.807) is 0 Å². The van der Waals surface area contributed by atoms with E-state index in [0.717, 1.165) is 9.23 Å². The summed E-state index contributed by atoms with van der Waals surface area (Å²) >= 11 is -0.299. The Bertz CT molecular complexity index is 406. The Morgan fingerprint density at radius 1 is 1.42 bits per heavy atom. The van der Waals surface area contributed by atoms with Gasteiger partial charge in [-0.1, -0.05) is 0 Å². The fraction of sp³-hybridized carbons (Fsp3) is 0.111. The molecule has 0 saturated heterocycles. The maximum atomic E-state index is 8.50. The van der Waals surface area contributed by atoms with E-state index < -0.39 is 0 Å². The molecule has 2 rings (SSSR count). The predicted molar refractivity (Wildman–Crippen MR) is 48.0 cm³/mol. The Kier molecular flexibility index (Phi) is 2.13. The Hall–Kier alpha value is -0.830. The Morgan fingerprint density at radius 3 is 3.00 bits per heavy atom. The van der Waals surface area contributed by atoms with Crippen LogP contribution in [-0.4, -0.2) is 25.4 Å². The molecule has 2 nitrogen and oxygen atoms in total. The van der Waals surface area contributed by atoms with Crippen LogP contribution in [-0.2, 0) is 6.42 Å². The van der Waals surface area contributed by atoms with Gasteiger partial charge >= 0.3 is 80.1 Å². The van der Waals surface area contributed by atoms with Gasteiger partial charge in [-0.3, -0.25) is 0 Å². The van der Waals surface area contributed by atoms with E-state index in [-0.39, 0.29) is 20.4 Å². The molecule has 12 heavy (non-hydrogen) atoms. The third kappa shape index (κ3) is 1.37. The van der Waals surface area contributed by atoms with Gasteiger partial charge in [0.2, 0.25) is 0 Å². The first-order chi connectivity index (χ1) is 5.90. The number of nitrogens with zero attached hydrogens (tertiary/aromatic N) is 2. The molecule has 0 bridgehead atoms. The van der Waals surface area contributed by atoms with Crippen molar-refractivity contribution in [3.8, 4) is 6.07 Å². The van der Waals surface area contributed by atoms with E-state index in [4.69, 9.17) is 5.26 Å². The zero-order valence-electron chi connectivity index (χ0n) is 6.32. The molecule has 0 fully saturated rings. The summed E-state index contributed by atoms with van der Waals surface area (Å²) in [7, 11) is 0. The number of rotatable bonds is 1. The van der Waals surface area contributed by atoms with Crippen molar-refractivity contribution in [3.63, 3.8) is 0 Å². The predicted octanol–water partition coefficient (Wildman–Crippen LogP) is 1.36. The van der Waals surface area contributed by atoms with Crippen molar-refractivity contribution in [1.82, 2.24) is 4.98 Å². The summed E-state index contributed by atoms with van der Waals surface area (Å²) in [4.78, 5) is 4.39. The molecule has 0 spiro atoms. The summed E-state index contributed by atoms with van der Waals surface area (Å²) in [6.07, 6.45) is 0.511. The molecule has 0 unspecified atom stereocenters. The van der Waals surface area contributed by atoms with Crippen LogP contribution < -0.4 is 0 Å². The zero-order chi connectivity index (χ0) is 8.39. The van der Waals surface area contributed by atoms with Gasteiger partial charge in [0.05, 0.1) is 0 Å². The molecule has 1 heterocycles. The van der Waals surface area contributed by atoms with Gasteiger partial charge < -0.3 is 0 Å². The fourth-order valence-electron chi connectivity index (χ4n) is 1.06. The molecule has 2 aromatic rings. The van der Waals surface area contributed by atoms with E-state index in [0.29, 0.717) is 6.42 Å². The van der Waals surface area contributed by atoms with E-state index in [1.165, 1.54) is 3.40 Å². The first-order valence-electron chi connectivity index (χ1n) is 3.61. The van der Waals surface area contributed by atoms with Crippen LogP contribution >= 0.6 is 0 Å². The van der Waals surface area contributed by atoms with Crippen molar-refractivity contribution in [2.45, 2.75) is 6.42 Å². The minimum absolute atomic E-state index is 0.299. The molecule has 0 atom stereocenters. The van der Waals surface area contributed by atoms with Crippen molar-refractivity contribution >= 4 is 29.3 Å². The zero-order valence-corrected chi connectivity index (χ0v) is 8.65. The third-order valence-electron chi connectivity index (χ3n) is 1.57. The SMILES string of the molecule is N#CCc1nc2ccccc2[te]1. The van der Waals surface area contributed by atoms with Crippen molar-refractivity contribution in [2.75, 3.05) is 0 Å². The molecule has 0 saturated carbocycles. The van der Waals surface area contributed by atoms with Crippen molar-refractivity contribution in [2.24, 2.45) is 0 Å². The second-order valence-electron chi connectivity index (χ2n) is 2.41. The first-order valence-corrected chi connectivity index (χ1v) is 5.94. The summed E-state index contributed by atoms with van der Waals surface area (Å²) in [5.74, 6) is 0. The van der Waals surface area contributed by atoms with E-state index >= 15 is 0 Å². The van der Waals surface area contributed by atoms with Crippen molar-refractivity contribution in [1.29, 1.82) is 5.26 Å². The summed E-state index contributed by atoms with van der Waals surface area (Å²) in [6.45, 7) is 0. The number of benzene rings is 1. The van der Waals surface area contributed by atoms with Crippen LogP contribution in [0.25, 0.3) is 8.92 Å². The maximum absolute atomic E-state index is 8.50. The van der Waals surface area contributed by atoms with E-state index in [9.17, 15) is 0 Å². The fourth-order valence-corrected chi connectivity index (χ4v) is 3.63. The molecule has 58 valence electrons. The summed E-state index contributed by atoms with van der Waals surface area (Å²) in [5.41, 5.74) is 1.09. The Morgan fingerprint density at radius 2 is 2.25 bits per heavy atom. The minimum atomic E-state index is -0.299. The number of aromatic nitrogens is 1. The van der Waals surface area contributed by atoms with Gasteiger partial charge in [0.15, 0.2) is 0 Å². The second-order valence-corrected chi connectivity index (χ2v) is 5.59. The summed E-state index contributed by atoms with van der Waals surface area (Å²) < 4.78 is 2.48. The molecule has 0 amide bonds. The molecule has 3 heteroatoms. The third-order valence-corrected chi connectivity index (χ3v) is 4.53. The Balaban J connectivity index is 2.56. The molecule has 1 aromatic heterocycles. The van der Waals surface area contributed by atoms with Gasteiger partial charge in [-0.25, -0.2) is 0 Å². The van der Waals surface area contributed by atoms with Crippen LogP contribution in [0.3, 0.4) is 0 Å². The molecule has 0 aliphatic heterocycles. The van der Waals surface area contributed by atoms with E-state index in [1.807, 2.05) is 18.2 Å². The molecule has 0 N–H and O–H groups in total. The summed E-state index contributed by atoms with van der Waals surface area (Å²) in [5, 5.41) is 8.50. The summed E-state index contributed by atoms with van der Waals surface area (Å²) in [6, 6.07) is 10.3. The van der Waals surface area contributed by atoms with Crippen LogP contribution in [0.2, 0.25) is 0 Å². The average molecular weight is 270 g/mol. The monoisotopic (exact) mass is 272 g/mol. The standard InChI is InChI=1S/C9H6N2Te/c10-6-5-9-11-7-3-1-2-4-8(7)12-9/h1-4H,5H2. The van der Waals surface area contributed by atoms with Crippen LogP contribution in [0, 0.1) is 11.3 Å². The molecule has 0 aliphatic rings. The van der Waals surface area contributed by atoms with Gasteiger partial charge in [0.1, 0.15) is 0 Å². The first kappa shape index (κ1) is 7.80. The topological polar surface area (TPSA) is 36.7 Å². The van der Waals surface area contributed by atoms with Gasteiger partial charge in [0, 0.05) is 0 Å². The van der Waals surface area contributed by atoms with Gasteiger partial charge in [0.25, 0.3) is 0 Å². The second kappa shape index (κ2) is 3.27. The Labute approximate surface area is 80.1 Å². The van der Waals surface area contributed by atoms with Crippen LogP contribution in [0.4, 0.5) is 0 Å². The van der Waals surface area contributed by atoms with Crippen molar-refractivity contribution in [3.05, 3.63) is 28.0 Å². The molecule has 1 aromatic carbocycles. The van der Waals surface area contributed by atoms with Crippen LogP contribution in [0.1, 0.15) is 3.71 Å². The number of hydrogen-bond acceptors (Lipinski definition) is 2.